The fraction of sp³-hybridized carbons (Fsp3) is 0.263. The zero-order chi connectivity index (χ0) is 17.8. The van der Waals surface area contributed by atoms with Crippen LogP contribution in [0.25, 0.3) is 10.9 Å². The van der Waals surface area contributed by atoms with E-state index < -0.39 is 0 Å². The average Bonchev–Trinajstić information content (AvgIpc) is 2.56. The Hall–Kier alpha value is -2.86. The van der Waals surface area contributed by atoms with Gasteiger partial charge in [-0.3, -0.25) is 0 Å². The Kier molecular flexibility index (Phi) is 5.00. The number of nitrogens with one attached hydrogen (secondary N) is 1. The molecule has 6 heteroatoms. The van der Waals surface area contributed by atoms with Gasteiger partial charge in [0, 0.05) is 6.54 Å². The Morgan fingerprint density at radius 2 is 1.92 bits per heavy atom. The summed E-state index contributed by atoms with van der Waals surface area (Å²) in [5, 5.41) is 14.0. The molecule has 0 fully saturated rings. The monoisotopic (exact) mass is 338 g/mol. The summed E-state index contributed by atoms with van der Waals surface area (Å²) in [4.78, 5) is 10.8. The number of benzene rings is 2. The lowest BCUT2D eigenvalue weighted by atomic mass is 10.2. The maximum Gasteiger partial charge on any atom is 0.145 e. The SMILES string of the molecule is CC(CN(C)C)Oc1cccc2ncnc(Nc3ccccc3O)c12. The van der Waals surface area contributed by atoms with Crippen molar-refractivity contribution in [2.75, 3.05) is 26.0 Å². The molecule has 0 amide bonds. The number of aromatic hydroxyl groups is 1. The molecule has 0 aliphatic heterocycles. The third kappa shape index (κ3) is 3.97. The second-order valence-corrected chi connectivity index (χ2v) is 6.21. The zero-order valence-corrected chi connectivity index (χ0v) is 14.6. The van der Waals surface area contributed by atoms with E-state index in [-0.39, 0.29) is 11.9 Å². The molecule has 6 nitrogen and oxygen atoms in total. The van der Waals surface area contributed by atoms with E-state index in [9.17, 15) is 5.11 Å². The summed E-state index contributed by atoms with van der Waals surface area (Å²) in [5.41, 5.74) is 1.36. The third-order valence-electron chi connectivity index (χ3n) is 3.73. The summed E-state index contributed by atoms with van der Waals surface area (Å²) < 4.78 is 6.12. The normalized spacial score (nSPS) is 12.3. The van der Waals surface area contributed by atoms with E-state index in [2.05, 4.69) is 20.2 Å². The number of likely N-dealkylation sites (N-methyl/N-ethyl adjacent to an activating group) is 1. The lowest BCUT2D eigenvalue weighted by molar-refractivity contribution is 0.179. The standard InChI is InChI=1S/C19H22N4O2/c1-13(11-23(2)3)25-17-10-6-8-15-18(17)19(21-12-20-15)22-14-7-4-5-9-16(14)24/h4-10,12-13,24H,11H2,1-3H3,(H,20,21,22). The number of ether oxygens (including phenoxy) is 1. The minimum atomic E-state index is 0.0128. The lowest BCUT2D eigenvalue weighted by Gasteiger charge is -2.20. The predicted molar refractivity (Wildman–Crippen MR) is 99.6 cm³/mol. The van der Waals surface area contributed by atoms with Crippen LogP contribution >= 0.6 is 0 Å². The molecule has 3 aromatic rings. The highest BCUT2D eigenvalue weighted by molar-refractivity contribution is 5.96. The van der Waals surface area contributed by atoms with E-state index in [1.54, 1.807) is 18.2 Å². The minimum Gasteiger partial charge on any atom is -0.506 e. The second kappa shape index (κ2) is 7.36. The Morgan fingerprint density at radius 3 is 2.68 bits per heavy atom. The quantitative estimate of drug-likeness (QED) is 0.671. The Morgan fingerprint density at radius 1 is 1.12 bits per heavy atom. The highest BCUT2D eigenvalue weighted by atomic mass is 16.5. The number of nitrogens with zero attached hydrogens (tertiary/aromatic N) is 3. The molecule has 0 radical (unpaired) electrons. The highest BCUT2D eigenvalue weighted by Gasteiger charge is 2.14. The molecular formula is C19H22N4O2. The van der Waals surface area contributed by atoms with Gasteiger partial charge in [-0.1, -0.05) is 18.2 Å². The second-order valence-electron chi connectivity index (χ2n) is 6.21. The van der Waals surface area contributed by atoms with E-state index in [1.807, 2.05) is 45.3 Å². The van der Waals surface area contributed by atoms with Crippen LogP contribution in [0.3, 0.4) is 0 Å². The largest absolute Gasteiger partial charge is 0.506 e. The van der Waals surface area contributed by atoms with Crippen molar-refractivity contribution in [2.24, 2.45) is 0 Å². The van der Waals surface area contributed by atoms with E-state index in [0.717, 1.165) is 17.4 Å². The molecule has 130 valence electrons. The molecular weight excluding hydrogens is 316 g/mol. The number of anilines is 2. The number of hydrogen-bond acceptors (Lipinski definition) is 6. The fourth-order valence-corrected chi connectivity index (χ4v) is 2.75. The molecule has 0 saturated heterocycles. The molecule has 0 spiro atoms. The summed E-state index contributed by atoms with van der Waals surface area (Å²) in [5.74, 6) is 1.47. The van der Waals surface area contributed by atoms with Crippen molar-refractivity contribution in [1.82, 2.24) is 14.9 Å². The number of phenolic OH excluding ortho intramolecular Hbond substituents is 1. The van der Waals surface area contributed by atoms with Gasteiger partial charge in [0.1, 0.15) is 29.7 Å². The Balaban J connectivity index is 2.00. The van der Waals surface area contributed by atoms with Crippen molar-refractivity contribution < 1.29 is 9.84 Å². The van der Waals surface area contributed by atoms with Crippen molar-refractivity contribution in [3.63, 3.8) is 0 Å². The van der Waals surface area contributed by atoms with Gasteiger partial charge in [-0.05, 0) is 45.3 Å². The lowest BCUT2D eigenvalue weighted by Crippen LogP contribution is -2.28. The van der Waals surface area contributed by atoms with Crippen molar-refractivity contribution in [1.29, 1.82) is 0 Å². The molecule has 0 aliphatic carbocycles. The maximum absolute atomic E-state index is 10.0. The molecule has 25 heavy (non-hydrogen) atoms. The van der Waals surface area contributed by atoms with Gasteiger partial charge in [0.05, 0.1) is 16.6 Å². The minimum absolute atomic E-state index is 0.0128. The molecule has 0 saturated carbocycles. The summed E-state index contributed by atoms with van der Waals surface area (Å²) in [7, 11) is 4.02. The van der Waals surface area contributed by atoms with Crippen LogP contribution in [0.5, 0.6) is 11.5 Å². The fourth-order valence-electron chi connectivity index (χ4n) is 2.75. The van der Waals surface area contributed by atoms with Gasteiger partial charge in [0.25, 0.3) is 0 Å². The van der Waals surface area contributed by atoms with Crippen LogP contribution in [0.15, 0.2) is 48.8 Å². The van der Waals surface area contributed by atoms with Crippen LogP contribution in [0.2, 0.25) is 0 Å². The first-order valence-electron chi connectivity index (χ1n) is 8.14. The molecule has 1 unspecified atom stereocenters. The van der Waals surface area contributed by atoms with Crippen LogP contribution in [0.1, 0.15) is 6.92 Å². The number of para-hydroxylation sites is 2. The molecule has 1 aromatic heterocycles. The molecule has 1 atom stereocenters. The zero-order valence-electron chi connectivity index (χ0n) is 14.6. The van der Waals surface area contributed by atoms with Crippen LogP contribution < -0.4 is 10.1 Å². The van der Waals surface area contributed by atoms with Gasteiger partial charge < -0.3 is 20.1 Å². The topological polar surface area (TPSA) is 70.5 Å². The van der Waals surface area contributed by atoms with Gasteiger partial charge >= 0.3 is 0 Å². The van der Waals surface area contributed by atoms with Crippen LogP contribution in [-0.4, -0.2) is 46.7 Å². The van der Waals surface area contributed by atoms with Crippen LogP contribution in [0, 0.1) is 0 Å². The number of phenols is 1. The smallest absolute Gasteiger partial charge is 0.145 e. The van der Waals surface area contributed by atoms with Crippen molar-refractivity contribution in [3.8, 4) is 11.5 Å². The van der Waals surface area contributed by atoms with E-state index >= 15 is 0 Å². The van der Waals surface area contributed by atoms with Crippen LogP contribution in [-0.2, 0) is 0 Å². The Bertz CT molecular complexity index is 862. The molecule has 3 rings (SSSR count). The number of rotatable bonds is 6. The summed E-state index contributed by atoms with van der Waals surface area (Å²) in [6.45, 7) is 2.82. The molecule has 0 aliphatic rings. The van der Waals surface area contributed by atoms with E-state index in [1.165, 1.54) is 6.33 Å². The number of hydrogen-bond donors (Lipinski definition) is 2. The van der Waals surface area contributed by atoms with Gasteiger partial charge in [0.2, 0.25) is 0 Å². The molecule has 2 N–H and O–H groups in total. The predicted octanol–water partition coefficient (Wildman–Crippen LogP) is 3.41. The summed E-state index contributed by atoms with van der Waals surface area (Å²) >= 11 is 0. The summed E-state index contributed by atoms with van der Waals surface area (Å²) in [6.07, 6.45) is 1.51. The maximum atomic E-state index is 10.0. The Labute approximate surface area is 147 Å². The average molecular weight is 338 g/mol. The number of fused-ring (bicyclic) bond motifs is 1. The summed E-state index contributed by atoms with van der Waals surface area (Å²) in [6, 6.07) is 12.8. The molecule has 1 heterocycles. The van der Waals surface area contributed by atoms with Gasteiger partial charge in [-0.2, -0.15) is 0 Å². The van der Waals surface area contributed by atoms with Gasteiger partial charge in [0.15, 0.2) is 0 Å². The number of aromatic nitrogens is 2. The van der Waals surface area contributed by atoms with E-state index in [4.69, 9.17) is 4.74 Å². The third-order valence-corrected chi connectivity index (χ3v) is 3.73. The molecule has 2 aromatic carbocycles. The highest BCUT2D eigenvalue weighted by Crippen LogP contribution is 2.34. The van der Waals surface area contributed by atoms with Gasteiger partial charge in [-0.15, -0.1) is 0 Å². The molecule has 0 bridgehead atoms. The van der Waals surface area contributed by atoms with Crippen molar-refractivity contribution in [3.05, 3.63) is 48.8 Å². The first kappa shape index (κ1) is 17.0. The van der Waals surface area contributed by atoms with E-state index in [0.29, 0.717) is 17.3 Å². The van der Waals surface area contributed by atoms with Crippen molar-refractivity contribution >= 4 is 22.4 Å². The first-order chi connectivity index (χ1) is 12.0. The first-order valence-corrected chi connectivity index (χ1v) is 8.14. The van der Waals surface area contributed by atoms with Gasteiger partial charge in [-0.25, -0.2) is 9.97 Å². The van der Waals surface area contributed by atoms with Crippen LogP contribution in [0.4, 0.5) is 11.5 Å². The van der Waals surface area contributed by atoms with Crippen molar-refractivity contribution in [2.45, 2.75) is 13.0 Å².